The number of hydrogen-bond donors (Lipinski definition) is 0. The predicted octanol–water partition coefficient (Wildman–Crippen LogP) is 3.09. The van der Waals surface area contributed by atoms with E-state index in [0.29, 0.717) is 5.92 Å². The first-order chi connectivity index (χ1) is 6.76. The average Bonchev–Trinajstić information content (AvgIpc) is 2.26. The van der Waals surface area contributed by atoms with Crippen molar-refractivity contribution in [1.29, 1.82) is 0 Å². The molecule has 0 fully saturated rings. The summed E-state index contributed by atoms with van der Waals surface area (Å²) in [5, 5.41) is 0. The van der Waals surface area contributed by atoms with Gasteiger partial charge in [-0.15, -0.1) is 0 Å². The molecule has 0 saturated carbocycles. The van der Waals surface area contributed by atoms with Crippen LogP contribution in [-0.4, -0.2) is 7.11 Å². The van der Waals surface area contributed by atoms with Crippen LogP contribution in [0.25, 0.3) is 0 Å². The molecule has 0 aliphatic carbocycles. The van der Waals surface area contributed by atoms with Gasteiger partial charge in [0.05, 0.1) is 7.11 Å². The lowest BCUT2D eigenvalue weighted by atomic mass is 10.1. The van der Waals surface area contributed by atoms with Gasteiger partial charge in [0, 0.05) is 11.5 Å². The second-order valence-electron chi connectivity index (χ2n) is 3.31. The van der Waals surface area contributed by atoms with Gasteiger partial charge in [0.1, 0.15) is 5.75 Å². The van der Waals surface area contributed by atoms with Crippen LogP contribution in [0.3, 0.4) is 0 Å². The molecule has 1 nitrogen and oxygen atoms in total. The van der Waals surface area contributed by atoms with Crippen molar-refractivity contribution >= 4 is 0 Å². The second-order valence-corrected chi connectivity index (χ2v) is 3.31. The molecule has 0 radical (unpaired) electrons. The van der Waals surface area contributed by atoms with Crippen molar-refractivity contribution in [2.24, 2.45) is 5.92 Å². The zero-order valence-corrected chi connectivity index (χ0v) is 9.00. The molecule has 14 heavy (non-hydrogen) atoms. The Hall–Kier alpha value is -1.42. The van der Waals surface area contributed by atoms with Crippen LogP contribution in [0, 0.1) is 17.8 Å². The van der Waals surface area contributed by atoms with E-state index in [1.165, 1.54) is 0 Å². The quantitative estimate of drug-likeness (QED) is 0.648. The lowest BCUT2D eigenvalue weighted by Crippen LogP contribution is -1.86. The first-order valence-electron chi connectivity index (χ1n) is 4.92. The van der Waals surface area contributed by atoms with Gasteiger partial charge in [0.2, 0.25) is 0 Å². The van der Waals surface area contributed by atoms with E-state index in [0.717, 1.165) is 17.7 Å². The molecule has 0 amide bonds. The third-order valence-electron chi connectivity index (χ3n) is 2.17. The van der Waals surface area contributed by atoms with E-state index in [1.54, 1.807) is 7.11 Å². The summed E-state index contributed by atoms with van der Waals surface area (Å²) in [5.41, 5.74) is 1.05. The van der Waals surface area contributed by atoms with Crippen molar-refractivity contribution in [3.63, 3.8) is 0 Å². The summed E-state index contributed by atoms with van der Waals surface area (Å²) in [7, 11) is 1.67. The molecule has 1 heteroatoms. The average molecular weight is 188 g/mol. The van der Waals surface area contributed by atoms with E-state index < -0.39 is 0 Å². The topological polar surface area (TPSA) is 9.23 Å². The summed E-state index contributed by atoms with van der Waals surface area (Å²) in [6.45, 7) is 4.28. The molecule has 1 atom stereocenters. The van der Waals surface area contributed by atoms with Gasteiger partial charge >= 0.3 is 0 Å². The Kier molecular flexibility index (Phi) is 4.07. The van der Waals surface area contributed by atoms with E-state index in [4.69, 9.17) is 4.74 Å². The minimum absolute atomic E-state index is 0.470. The third-order valence-corrected chi connectivity index (χ3v) is 2.17. The monoisotopic (exact) mass is 188 g/mol. The smallest absolute Gasteiger partial charge is 0.118 e. The number of hydrogen-bond acceptors (Lipinski definition) is 1. The van der Waals surface area contributed by atoms with Gasteiger partial charge in [0.15, 0.2) is 0 Å². The summed E-state index contributed by atoms with van der Waals surface area (Å²) < 4.78 is 5.07. The Morgan fingerprint density at radius 1 is 1.29 bits per heavy atom. The Bertz CT molecular complexity index is 326. The van der Waals surface area contributed by atoms with Crippen LogP contribution in [0.1, 0.15) is 25.8 Å². The Labute approximate surface area is 86.1 Å². The van der Waals surface area contributed by atoms with Crippen LogP contribution >= 0.6 is 0 Å². The van der Waals surface area contributed by atoms with Crippen molar-refractivity contribution in [2.75, 3.05) is 7.11 Å². The minimum atomic E-state index is 0.470. The maximum Gasteiger partial charge on any atom is 0.118 e. The normalized spacial score (nSPS) is 11.4. The fourth-order valence-electron chi connectivity index (χ4n) is 0.983. The molecule has 1 aromatic carbocycles. The molecule has 0 aliphatic heterocycles. The highest BCUT2D eigenvalue weighted by atomic mass is 16.5. The zero-order valence-electron chi connectivity index (χ0n) is 9.00. The summed E-state index contributed by atoms with van der Waals surface area (Å²) in [5.74, 6) is 7.68. The molecule has 0 aromatic heterocycles. The fraction of sp³-hybridized carbons (Fsp3) is 0.385. The number of benzene rings is 1. The summed E-state index contributed by atoms with van der Waals surface area (Å²) in [6.07, 6.45) is 1.10. The molecule has 1 rings (SSSR count). The summed E-state index contributed by atoms with van der Waals surface area (Å²) in [4.78, 5) is 0. The van der Waals surface area contributed by atoms with E-state index >= 15 is 0 Å². The van der Waals surface area contributed by atoms with Crippen LogP contribution in [0.15, 0.2) is 24.3 Å². The SMILES string of the molecule is CCC(C)C#Cc1ccc(OC)cc1. The molecule has 1 aromatic rings. The van der Waals surface area contributed by atoms with Gasteiger partial charge in [-0.3, -0.25) is 0 Å². The van der Waals surface area contributed by atoms with E-state index in [9.17, 15) is 0 Å². The largest absolute Gasteiger partial charge is 0.497 e. The molecule has 0 aliphatic rings. The van der Waals surface area contributed by atoms with Crippen LogP contribution in [0.5, 0.6) is 5.75 Å². The lowest BCUT2D eigenvalue weighted by Gasteiger charge is -1.98. The van der Waals surface area contributed by atoms with Gasteiger partial charge in [-0.25, -0.2) is 0 Å². The van der Waals surface area contributed by atoms with E-state index in [2.05, 4.69) is 25.7 Å². The number of ether oxygens (including phenoxy) is 1. The van der Waals surface area contributed by atoms with Crippen molar-refractivity contribution in [3.8, 4) is 17.6 Å². The van der Waals surface area contributed by atoms with Gasteiger partial charge in [-0.1, -0.05) is 25.7 Å². The predicted molar refractivity (Wildman–Crippen MR) is 59.3 cm³/mol. The fourth-order valence-corrected chi connectivity index (χ4v) is 0.983. The van der Waals surface area contributed by atoms with Crippen molar-refractivity contribution in [1.82, 2.24) is 0 Å². The summed E-state index contributed by atoms with van der Waals surface area (Å²) in [6, 6.07) is 7.82. The van der Waals surface area contributed by atoms with Crippen molar-refractivity contribution in [3.05, 3.63) is 29.8 Å². The van der Waals surface area contributed by atoms with Crippen LogP contribution < -0.4 is 4.74 Å². The molecular formula is C13H16O. The molecule has 0 saturated heterocycles. The zero-order chi connectivity index (χ0) is 10.4. The van der Waals surface area contributed by atoms with Gasteiger partial charge in [0.25, 0.3) is 0 Å². The second kappa shape index (κ2) is 5.34. The standard InChI is InChI=1S/C13H16O/c1-4-11(2)5-6-12-7-9-13(14-3)10-8-12/h7-11H,4H2,1-3H3. The van der Waals surface area contributed by atoms with E-state index in [1.807, 2.05) is 24.3 Å². The first-order valence-corrected chi connectivity index (χ1v) is 4.92. The number of rotatable bonds is 2. The van der Waals surface area contributed by atoms with Crippen LogP contribution in [-0.2, 0) is 0 Å². The lowest BCUT2D eigenvalue weighted by molar-refractivity contribution is 0.415. The van der Waals surface area contributed by atoms with E-state index in [-0.39, 0.29) is 0 Å². The third kappa shape index (κ3) is 3.14. The Morgan fingerprint density at radius 3 is 2.43 bits per heavy atom. The van der Waals surface area contributed by atoms with Crippen LogP contribution in [0.4, 0.5) is 0 Å². The Balaban J connectivity index is 2.71. The molecule has 0 spiro atoms. The van der Waals surface area contributed by atoms with Crippen molar-refractivity contribution in [2.45, 2.75) is 20.3 Å². The molecule has 0 heterocycles. The maximum absolute atomic E-state index is 5.07. The van der Waals surface area contributed by atoms with Crippen LogP contribution in [0.2, 0.25) is 0 Å². The summed E-state index contributed by atoms with van der Waals surface area (Å²) >= 11 is 0. The molecule has 74 valence electrons. The highest BCUT2D eigenvalue weighted by Gasteiger charge is 1.92. The number of methoxy groups -OCH3 is 1. The minimum Gasteiger partial charge on any atom is -0.497 e. The van der Waals surface area contributed by atoms with Gasteiger partial charge < -0.3 is 4.74 Å². The van der Waals surface area contributed by atoms with Gasteiger partial charge in [-0.05, 0) is 30.7 Å². The maximum atomic E-state index is 5.07. The highest BCUT2D eigenvalue weighted by Crippen LogP contribution is 2.10. The van der Waals surface area contributed by atoms with Crippen molar-refractivity contribution < 1.29 is 4.74 Å². The van der Waals surface area contributed by atoms with Gasteiger partial charge in [-0.2, -0.15) is 0 Å². The Morgan fingerprint density at radius 2 is 1.93 bits per heavy atom. The molecule has 1 unspecified atom stereocenters. The molecular weight excluding hydrogens is 172 g/mol. The molecule has 0 N–H and O–H groups in total. The molecule has 0 bridgehead atoms. The first kappa shape index (κ1) is 10.7. The highest BCUT2D eigenvalue weighted by molar-refractivity contribution is 5.38.